The number of nitrogens with two attached hydrogens (primary N) is 1. The second kappa shape index (κ2) is 5.48. The number of anilines is 1. The van der Waals surface area contributed by atoms with Crippen LogP contribution in [0.3, 0.4) is 0 Å². The van der Waals surface area contributed by atoms with Crippen molar-refractivity contribution in [1.29, 1.82) is 0 Å². The number of nitrogens with zero attached hydrogens (tertiary/aromatic N) is 2. The van der Waals surface area contributed by atoms with E-state index in [1.54, 1.807) is 0 Å². The van der Waals surface area contributed by atoms with Crippen LogP contribution in [0.15, 0.2) is 29.3 Å². The summed E-state index contributed by atoms with van der Waals surface area (Å²) >= 11 is 5.91. The van der Waals surface area contributed by atoms with E-state index in [1.165, 1.54) is 0 Å². The van der Waals surface area contributed by atoms with Crippen LogP contribution in [-0.2, 0) is 4.74 Å². The fourth-order valence-corrected chi connectivity index (χ4v) is 2.13. The zero-order valence-electron chi connectivity index (χ0n) is 10.6. The normalized spacial score (nSPS) is 18.7. The third kappa shape index (κ3) is 3.07. The van der Waals surface area contributed by atoms with Crippen LogP contribution in [0.1, 0.15) is 13.8 Å². The predicted octanol–water partition coefficient (Wildman–Crippen LogP) is 2.27. The molecule has 0 amide bonds. The molecule has 0 bridgehead atoms. The maximum Gasteiger partial charge on any atom is 0.282 e. The average Bonchev–Trinajstić information content (AvgIpc) is 2.73. The van der Waals surface area contributed by atoms with E-state index in [-0.39, 0.29) is 6.04 Å². The van der Waals surface area contributed by atoms with E-state index in [2.05, 4.69) is 23.7 Å². The molecule has 1 aliphatic rings. The Morgan fingerprint density at radius 1 is 1.44 bits per heavy atom. The molecule has 0 saturated carbocycles. The molecule has 4 nitrogen and oxygen atoms in total. The van der Waals surface area contributed by atoms with Crippen molar-refractivity contribution >= 4 is 23.3 Å². The van der Waals surface area contributed by atoms with E-state index in [0.717, 1.165) is 17.3 Å². The van der Waals surface area contributed by atoms with Crippen LogP contribution in [0, 0.1) is 0 Å². The van der Waals surface area contributed by atoms with Crippen LogP contribution >= 0.6 is 11.6 Å². The predicted molar refractivity (Wildman–Crippen MR) is 75.3 cm³/mol. The van der Waals surface area contributed by atoms with Gasteiger partial charge in [-0.25, -0.2) is 4.99 Å². The highest BCUT2D eigenvalue weighted by Crippen LogP contribution is 2.21. The molecule has 1 aliphatic heterocycles. The van der Waals surface area contributed by atoms with E-state index in [0.29, 0.717) is 18.7 Å². The van der Waals surface area contributed by atoms with Crippen LogP contribution < -0.4 is 10.6 Å². The van der Waals surface area contributed by atoms with Gasteiger partial charge in [-0.15, -0.1) is 0 Å². The highest BCUT2D eigenvalue weighted by molar-refractivity contribution is 6.30. The molecular formula is C13H18ClN3O. The molecule has 0 saturated heterocycles. The number of hydrogen-bond acceptors (Lipinski definition) is 4. The Kier molecular flexibility index (Phi) is 3.97. The molecule has 98 valence electrons. The highest BCUT2D eigenvalue weighted by Gasteiger charge is 2.21. The van der Waals surface area contributed by atoms with Gasteiger partial charge in [-0.2, -0.15) is 0 Å². The minimum Gasteiger partial charge on any atom is -0.463 e. The second-order valence-corrected chi connectivity index (χ2v) is 5.09. The molecule has 5 heteroatoms. The molecule has 2 N–H and O–H groups in total. The molecule has 0 unspecified atom stereocenters. The Hall–Kier alpha value is -1.42. The maximum atomic E-state index is 5.91. The monoisotopic (exact) mass is 267 g/mol. The Labute approximate surface area is 112 Å². The lowest BCUT2D eigenvalue weighted by Gasteiger charge is -2.30. The number of ether oxygens (including phenoxy) is 1. The van der Waals surface area contributed by atoms with E-state index in [4.69, 9.17) is 22.1 Å². The summed E-state index contributed by atoms with van der Waals surface area (Å²) in [6, 6.07) is 8.60. The smallest absolute Gasteiger partial charge is 0.282 e. The number of aliphatic imine (C=N–C) groups is 1. The molecule has 1 heterocycles. The molecule has 2 rings (SSSR count). The van der Waals surface area contributed by atoms with Crippen LogP contribution in [0.4, 0.5) is 5.69 Å². The first-order valence-electron chi connectivity index (χ1n) is 6.04. The fourth-order valence-electron chi connectivity index (χ4n) is 2.00. The molecule has 0 radical (unpaired) electrons. The quantitative estimate of drug-likeness (QED) is 0.910. The lowest BCUT2D eigenvalue weighted by Crippen LogP contribution is -2.37. The van der Waals surface area contributed by atoms with Gasteiger partial charge in [0.15, 0.2) is 0 Å². The number of amidine groups is 1. The van der Waals surface area contributed by atoms with E-state index in [9.17, 15) is 0 Å². The summed E-state index contributed by atoms with van der Waals surface area (Å²) < 4.78 is 5.18. The Balaban J connectivity index is 2.11. The number of halogens is 1. The van der Waals surface area contributed by atoms with Crippen LogP contribution in [0.5, 0.6) is 0 Å². The summed E-state index contributed by atoms with van der Waals surface area (Å²) in [6.07, 6.45) is 0. The first-order chi connectivity index (χ1) is 8.56. The average molecular weight is 268 g/mol. The third-order valence-electron chi connectivity index (χ3n) is 2.92. The fraction of sp³-hybridized carbons (Fsp3) is 0.462. The molecule has 1 aromatic rings. The summed E-state index contributed by atoms with van der Waals surface area (Å²) in [6.45, 7) is 5.65. The molecule has 0 aromatic heterocycles. The Morgan fingerprint density at radius 2 is 2.11 bits per heavy atom. The van der Waals surface area contributed by atoms with Crippen molar-refractivity contribution in [2.45, 2.75) is 25.9 Å². The summed E-state index contributed by atoms with van der Waals surface area (Å²) in [4.78, 5) is 6.53. The maximum absolute atomic E-state index is 5.91. The van der Waals surface area contributed by atoms with Crippen molar-refractivity contribution in [3.63, 3.8) is 0 Å². The van der Waals surface area contributed by atoms with Crippen molar-refractivity contribution < 1.29 is 4.74 Å². The Bertz CT molecular complexity index is 430. The van der Waals surface area contributed by atoms with Crippen LogP contribution in [-0.4, -0.2) is 31.3 Å². The van der Waals surface area contributed by atoms with Crippen molar-refractivity contribution in [3.8, 4) is 0 Å². The first-order valence-corrected chi connectivity index (χ1v) is 6.42. The standard InChI is InChI=1S/C13H18ClN3O/c1-9(2)17(7-11-8-18-13(15)16-11)12-5-3-10(14)4-6-12/h3-6,9,11H,7-8H2,1-2H3,(H2,15,16)/t11-/m0/s1. The minimum atomic E-state index is 0.100. The molecule has 0 fully saturated rings. The zero-order valence-corrected chi connectivity index (χ0v) is 11.4. The van der Waals surface area contributed by atoms with Crippen LogP contribution in [0.25, 0.3) is 0 Å². The SMILES string of the molecule is CC(C)N(C[C@H]1COC(N)=N1)c1ccc(Cl)cc1. The molecule has 0 spiro atoms. The van der Waals surface area contributed by atoms with E-state index < -0.39 is 0 Å². The first kappa shape index (κ1) is 13.0. The van der Waals surface area contributed by atoms with Gasteiger partial charge in [0.2, 0.25) is 0 Å². The summed E-state index contributed by atoms with van der Waals surface area (Å²) in [5, 5.41) is 0.744. The van der Waals surface area contributed by atoms with Crippen molar-refractivity contribution in [2.24, 2.45) is 10.7 Å². The lowest BCUT2D eigenvalue weighted by atomic mass is 10.2. The molecule has 1 aromatic carbocycles. The molecule has 1 atom stereocenters. The Morgan fingerprint density at radius 3 is 2.61 bits per heavy atom. The molecular weight excluding hydrogens is 250 g/mol. The van der Waals surface area contributed by atoms with E-state index in [1.807, 2.05) is 24.3 Å². The largest absolute Gasteiger partial charge is 0.463 e. The van der Waals surface area contributed by atoms with Gasteiger partial charge in [0.05, 0.1) is 0 Å². The summed E-state index contributed by atoms with van der Waals surface area (Å²) in [5.41, 5.74) is 6.66. The summed E-state index contributed by atoms with van der Waals surface area (Å²) in [5.74, 6) is 0. The van der Waals surface area contributed by atoms with Crippen molar-refractivity contribution in [2.75, 3.05) is 18.1 Å². The summed E-state index contributed by atoms with van der Waals surface area (Å²) in [7, 11) is 0. The van der Waals surface area contributed by atoms with E-state index >= 15 is 0 Å². The minimum absolute atomic E-state index is 0.100. The van der Waals surface area contributed by atoms with Gasteiger partial charge in [0, 0.05) is 23.3 Å². The molecule has 18 heavy (non-hydrogen) atoms. The van der Waals surface area contributed by atoms with Gasteiger partial charge in [-0.3, -0.25) is 0 Å². The van der Waals surface area contributed by atoms with Gasteiger partial charge in [-0.05, 0) is 38.1 Å². The van der Waals surface area contributed by atoms with Gasteiger partial charge < -0.3 is 15.4 Å². The number of benzene rings is 1. The van der Waals surface area contributed by atoms with Crippen LogP contribution in [0.2, 0.25) is 5.02 Å². The topological polar surface area (TPSA) is 50.9 Å². The zero-order chi connectivity index (χ0) is 13.1. The van der Waals surface area contributed by atoms with Gasteiger partial charge in [0.1, 0.15) is 12.6 Å². The van der Waals surface area contributed by atoms with Gasteiger partial charge >= 0.3 is 0 Å². The van der Waals surface area contributed by atoms with Crippen molar-refractivity contribution in [3.05, 3.63) is 29.3 Å². The second-order valence-electron chi connectivity index (χ2n) is 4.65. The highest BCUT2D eigenvalue weighted by atomic mass is 35.5. The van der Waals surface area contributed by atoms with Gasteiger partial charge in [0.25, 0.3) is 6.02 Å². The van der Waals surface area contributed by atoms with Gasteiger partial charge in [-0.1, -0.05) is 11.6 Å². The van der Waals surface area contributed by atoms with Crippen molar-refractivity contribution in [1.82, 2.24) is 0 Å². The lowest BCUT2D eigenvalue weighted by molar-refractivity contribution is 0.312. The number of hydrogen-bond donors (Lipinski definition) is 1. The third-order valence-corrected chi connectivity index (χ3v) is 3.17. The number of rotatable bonds is 4. The molecule has 0 aliphatic carbocycles.